The van der Waals surface area contributed by atoms with E-state index in [9.17, 15) is 4.79 Å². The van der Waals surface area contributed by atoms with Crippen molar-refractivity contribution in [2.24, 2.45) is 0 Å². The largest absolute Gasteiger partial charge is 0.457 e. The highest BCUT2D eigenvalue weighted by atomic mass is 16.5. The Balaban J connectivity index is 1.15. The Bertz CT molecular complexity index is 943. The van der Waals surface area contributed by atoms with Crippen molar-refractivity contribution in [3.05, 3.63) is 78.6 Å². The molecule has 1 fully saturated rings. The van der Waals surface area contributed by atoms with Gasteiger partial charge in [-0.15, -0.1) is 0 Å². The lowest BCUT2D eigenvalue weighted by Gasteiger charge is -2.34. The molecule has 3 aromatic rings. The first-order valence-corrected chi connectivity index (χ1v) is 10.6. The molecule has 1 N–H and O–H groups in total. The van der Waals surface area contributed by atoms with Crippen LogP contribution >= 0.6 is 0 Å². The Morgan fingerprint density at radius 2 is 1.55 bits per heavy atom. The smallest absolute Gasteiger partial charge is 0.251 e. The molecule has 160 valence electrons. The van der Waals surface area contributed by atoms with Crippen LogP contribution in [0.5, 0.6) is 11.5 Å². The number of benzene rings is 2. The number of aromatic nitrogens is 2. The van der Waals surface area contributed by atoms with Crippen LogP contribution in [0.2, 0.25) is 0 Å². The molecule has 0 spiro atoms. The van der Waals surface area contributed by atoms with Crippen molar-refractivity contribution in [1.29, 1.82) is 0 Å². The summed E-state index contributed by atoms with van der Waals surface area (Å²) in [6.07, 6.45) is 4.48. The zero-order chi connectivity index (χ0) is 21.3. The van der Waals surface area contributed by atoms with Gasteiger partial charge in [0.2, 0.25) is 5.95 Å². The van der Waals surface area contributed by atoms with Crippen LogP contribution in [0.25, 0.3) is 0 Å². The maximum Gasteiger partial charge on any atom is 0.251 e. The molecule has 2 aromatic carbocycles. The van der Waals surface area contributed by atoms with Gasteiger partial charge < -0.3 is 15.0 Å². The number of piperazine rings is 1. The first-order chi connectivity index (χ1) is 15.3. The molecular weight excluding hydrogens is 390 g/mol. The van der Waals surface area contributed by atoms with E-state index in [1.54, 1.807) is 24.5 Å². The Hall–Kier alpha value is -3.45. The van der Waals surface area contributed by atoms with Gasteiger partial charge in [0.25, 0.3) is 5.91 Å². The molecular formula is C24H27N5O2. The summed E-state index contributed by atoms with van der Waals surface area (Å²) in [4.78, 5) is 25.6. The minimum Gasteiger partial charge on any atom is -0.457 e. The third-order valence-electron chi connectivity index (χ3n) is 5.24. The fourth-order valence-corrected chi connectivity index (χ4v) is 3.53. The predicted molar refractivity (Wildman–Crippen MR) is 121 cm³/mol. The van der Waals surface area contributed by atoms with Crippen molar-refractivity contribution in [3.63, 3.8) is 0 Å². The van der Waals surface area contributed by atoms with Gasteiger partial charge >= 0.3 is 0 Å². The highest BCUT2D eigenvalue weighted by molar-refractivity contribution is 5.94. The Morgan fingerprint density at radius 1 is 0.871 bits per heavy atom. The SMILES string of the molecule is O=C(NCCCN1CCN(c2ncccn2)CC1)c1ccc(Oc2ccccc2)cc1. The van der Waals surface area contributed by atoms with E-state index in [-0.39, 0.29) is 5.91 Å². The van der Waals surface area contributed by atoms with E-state index in [4.69, 9.17) is 4.74 Å². The summed E-state index contributed by atoms with van der Waals surface area (Å²) in [5.74, 6) is 2.23. The average molecular weight is 418 g/mol. The van der Waals surface area contributed by atoms with Crippen LogP contribution in [0.1, 0.15) is 16.8 Å². The number of carbonyl (C=O) groups is 1. The predicted octanol–water partition coefficient (Wildman–Crippen LogP) is 3.21. The first kappa shape index (κ1) is 20.8. The lowest BCUT2D eigenvalue weighted by Crippen LogP contribution is -2.47. The summed E-state index contributed by atoms with van der Waals surface area (Å²) in [6.45, 7) is 5.43. The van der Waals surface area contributed by atoms with Gasteiger partial charge in [0.1, 0.15) is 11.5 Å². The number of hydrogen-bond donors (Lipinski definition) is 1. The van der Waals surface area contributed by atoms with Gasteiger partial charge in [-0.25, -0.2) is 9.97 Å². The topological polar surface area (TPSA) is 70.6 Å². The molecule has 1 saturated heterocycles. The maximum atomic E-state index is 12.4. The van der Waals surface area contributed by atoms with Crippen LogP contribution in [-0.4, -0.2) is 60.0 Å². The van der Waals surface area contributed by atoms with Crippen LogP contribution < -0.4 is 15.0 Å². The number of para-hydroxylation sites is 1. The lowest BCUT2D eigenvalue weighted by molar-refractivity contribution is 0.0951. The van der Waals surface area contributed by atoms with Gasteiger partial charge in [0, 0.05) is 50.7 Å². The first-order valence-electron chi connectivity index (χ1n) is 10.6. The molecule has 0 atom stereocenters. The quantitative estimate of drug-likeness (QED) is 0.568. The van der Waals surface area contributed by atoms with E-state index < -0.39 is 0 Å². The third kappa shape index (κ3) is 6.02. The van der Waals surface area contributed by atoms with Crippen LogP contribution in [0.4, 0.5) is 5.95 Å². The maximum absolute atomic E-state index is 12.4. The zero-order valence-corrected chi connectivity index (χ0v) is 17.5. The summed E-state index contributed by atoms with van der Waals surface area (Å²) >= 11 is 0. The van der Waals surface area contributed by atoms with Gasteiger partial charge in [-0.05, 0) is 55.4 Å². The highest BCUT2D eigenvalue weighted by Gasteiger charge is 2.18. The minimum absolute atomic E-state index is 0.0580. The van der Waals surface area contributed by atoms with E-state index in [1.807, 2.05) is 48.5 Å². The van der Waals surface area contributed by atoms with Gasteiger partial charge in [-0.1, -0.05) is 18.2 Å². The standard InChI is InChI=1S/C24H27N5O2/c30-23(20-8-10-22(11-9-20)31-21-6-2-1-3-7-21)25-14-5-15-28-16-18-29(19-17-28)24-26-12-4-13-27-24/h1-4,6-13H,5,14-19H2,(H,25,30). The molecule has 0 unspecified atom stereocenters. The van der Waals surface area contributed by atoms with Crippen molar-refractivity contribution in [2.45, 2.75) is 6.42 Å². The molecule has 0 aliphatic carbocycles. The number of nitrogens with one attached hydrogen (secondary N) is 1. The molecule has 1 aliphatic rings. The number of anilines is 1. The molecule has 1 aliphatic heterocycles. The number of rotatable bonds is 8. The second-order valence-corrected chi connectivity index (χ2v) is 7.43. The second kappa shape index (κ2) is 10.5. The summed E-state index contributed by atoms with van der Waals surface area (Å²) in [6, 6.07) is 18.6. The molecule has 0 bridgehead atoms. The molecule has 31 heavy (non-hydrogen) atoms. The van der Waals surface area contributed by atoms with E-state index >= 15 is 0 Å². The van der Waals surface area contributed by atoms with Crippen LogP contribution in [0.3, 0.4) is 0 Å². The molecule has 0 radical (unpaired) electrons. The van der Waals surface area contributed by atoms with Crippen molar-refractivity contribution in [2.75, 3.05) is 44.2 Å². The average Bonchev–Trinajstić information content (AvgIpc) is 2.84. The van der Waals surface area contributed by atoms with Gasteiger partial charge in [-0.3, -0.25) is 9.69 Å². The molecule has 2 heterocycles. The van der Waals surface area contributed by atoms with Crippen molar-refractivity contribution < 1.29 is 9.53 Å². The minimum atomic E-state index is -0.0580. The van der Waals surface area contributed by atoms with Crippen LogP contribution in [0.15, 0.2) is 73.1 Å². The summed E-state index contributed by atoms with van der Waals surface area (Å²) in [7, 11) is 0. The van der Waals surface area contributed by atoms with Gasteiger partial charge in [0.05, 0.1) is 0 Å². The highest BCUT2D eigenvalue weighted by Crippen LogP contribution is 2.21. The van der Waals surface area contributed by atoms with Crippen LogP contribution in [0, 0.1) is 0 Å². The molecule has 0 saturated carbocycles. The van der Waals surface area contributed by atoms with E-state index in [1.165, 1.54) is 0 Å². The Morgan fingerprint density at radius 3 is 2.26 bits per heavy atom. The molecule has 1 amide bonds. The second-order valence-electron chi connectivity index (χ2n) is 7.43. The van der Waals surface area contributed by atoms with E-state index in [0.29, 0.717) is 17.9 Å². The number of nitrogens with zero attached hydrogens (tertiary/aromatic N) is 4. The van der Waals surface area contributed by atoms with E-state index in [2.05, 4.69) is 25.1 Å². The van der Waals surface area contributed by atoms with Crippen molar-refractivity contribution >= 4 is 11.9 Å². The summed E-state index contributed by atoms with van der Waals surface area (Å²) in [5.41, 5.74) is 0.636. The van der Waals surface area contributed by atoms with Crippen LogP contribution in [-0.2, 0) is 0 Å². The number of carbonyl (C=O) groups excluding carboxylic acids is 1. The van der Waals surface area contributed by atoms with Crippen molar-refractivity contribution in [1.82, 2.24) is 20.2 Å². The fraction of sp³-hybridized carbons (Fsp3) is 0.292. The number of ether oxygens (including phenoxy) is 1. The Kier molecular flexibility index (Phi) is 7.08. The summed E-state index contributed by atoms with van der Waals surface area (Å²) in [5, 5.41) is 3.01. The summed E-state index contributed by atoms with van der Waals surface area (Å²) < 4.78 is 5.77. The third-order valence-corrected chi connectivity index (χ3v) is 5.24. The molecule has 1 aromatic heterocycles. The molecule has 7 heteroatoms. The zero-order valence-electron chi connectivity index (χ0n) is 17.5. The number of amides is 1. The van der Waals surface area contributed by atoms with E-state index in [0.717, 1.165) is 50.8 Å². The fourth-order valence-electron chi connectivity index (χ4n) is 3.53. The number of hydrogen-bond acceptors (Lipinski definition) is 6. The van der Waals surface area contributed by atoms with Gasteiger partial charge in [-0.2, -0.15) is 0 Å². The van der Waals surface area contributed by atoms with Gasteiger partial charge in [0.15, 0.2) is 0 Å². The normalized spacial score (nSPS) is 14.3. The molecule has 4 rings (SSSR count). The monoisotopic (exact) mass is 417 g/mol. The van der Waals surface area contributed by atoms with Crippen molar-refractivity contribution in [3.8, 4) is 11.5 Å². The lowest BCUT2D eigenvalue weighted by atomic mass is 10.2. The Labute approximate surface area is 182 Å². The molecule has 7 nitrogen and oxygen atoms in total.